The SMILES string of the molecule is CC1CN(c2ccccc2)C(=O)C1(C)C(N)=O. The molecule has 2 N–H and O–H groups in total. The zero-order valence-corrected chi connectivity index (χ0v) is 10.0. The monoisotopic (exact) mass is 232 g/mol. The second kappa shape index (κ2) is 3.87. The molecule has 1 aliphatic rings. The first-order valence-electron chi connectivity index (χ1n) is 5.65. The summed E-state index contributed by atoms with van der Waals surface area (Å²) in [6, 6.07) is 9.34. The molecule has 1 aromatic carbocycles. The fourth-order valence-corrected chi connectivity index (χ4v) is 2.21. The zero-order chi connectivity index (χ0) is 12.6. The summed E-state index contributed by atoms with van der Waals surface area (Å²) in [6.07, 6.45) is 0. The lowest BCUT2D eigenvalue weighted by molar-refractivity contribution is -0.138. The van der Waals surface area contributed by atoms with Crippen LogP contribution in [0.1, 0.15) is 13.8 Å². The Hall–Kier alpha value is -1.84. The molecular weight excluding hydrogens is 216 g/mol. The number of nitrogens with two attached hydrogens (primary N) is 1. The fourth-order valence-electron chi connectivity index (χ4n) is 2.21. The van der Waals surface area contributed by atoms with E-state index >= 15 is 0 Å². The molecule has 0 aliphatic carbocycles. The highest BCUT2D eigenvalue weighted by Gasteiger charge is 2.53. The van der Waals surface area contributed by atoms with Crippen LogP contribution in [-0.2, 0) is 9.59 Å². The van der Waals surface area contributed by atoms with Crippen LogP contribution in [0.3, 0.4) is 0 Å². The number of hydrogen-bond acceptors (Lipinski definition) is 2. The van der Waals surface area contributed by atoms with Gasteiger partial charge < -0.3 is 10.6 Å². The van der Waals surface area contributed by atoms with Gasteiger partial charge >= 0.3 is 0 Å². The molecule has 17 heavy (non-hydrogen) atoms. The van der Waals surface area contributed by atoms with E-state index in [-0.39, 0.29) is 11.8 Å². The summed E-state index contributed by atoms with van der Waals surface area (Å²) in [5.74, 6) is -0.829. The number of rotatable bonds is 2. The topological polar surface area (TPSA) is 63.4 Å². The molecule has 1 fully saturated rings. The number of primary amides is 1. The molecule has 0 radical (unpaired) electrons. The minimum absolute atomic E-state index is 0.0762. The van der Waals surface area contributed by atoms with E-state index < -0.39 is 11.3 Å². The summed E-state index contributed by atoms with van der Waals surface area (Å²) < 4.78 is 0. The molecule has 2 amide bonds. The van der Waals surface area contributed by atoms with Crippen molar-refractivity contribution in [3.8, 4) is 0 Å². The lowest BCUT2D eigenvalue weighted by Gasteiger charge is -2.22. The number of hydrogen-bond donors (Lipinski definition) is 1. The van der Waals surface area contributed by atoms with Gasteiger partial charge in [0, 0.05) is 12.2 Å². The Morgan fingerprint density at radius 1 is 1.41 bits per heavy atom. The number of benzene rings is 1. The van der Waals surface area contributed by atoms with Crippen LogP contribution in [0.25, 0.3) is 0 Å². The molecule has 0 bridgehead atoms. The first-order chi connectivity index (χ1) is 7.98. The van der Waals surface area contributed by atoms with Crippen molar-refractivity contribution in [3.05, 3.63) is 30.3 Å². The van der Waals surface area contributed by atoms with E-state index in [9.17, 15) is 9.59 Å². The summed E-state index contributed by atoms with van der Waals surface area (Å²) in [7, 11) is 0. The minimum atomic E-state index is -1.09. The number of carbonyl (C=O) groups excluding carboxylic acids is 2. The lowest BCUT2D eigenvalue weighted by atomic mass is 9.80. The number of carbonyl (C=O) groups is 2. The summed E-state index contributed by atoms with van der Waals surface area (Å²) >= 11 is 0. The molecule has 2 unspecified atom stereocenters. The largest absolute Gasteiger partial charge is 0.369 e. The zero-order valence-electron chi connectivity index (χ0n) is 10.0. The van der Waals surface area contributed by atoms with Gasteiger partial charge in [0.1, 0.15) is 5.41 Å². The standard InChI is InChI=1S/C13H16N2O2/c1-9-8-15(10-6-4-3-5-7-10)12(17)13(9,2)11(14)16/h3-7,9H,8H2,1-2H3,(H2,14,16). The van der Waals surface area contributed by atoms with E-state index in [1.807, 2.05) is 37.3 Å². The van der Waals surface area contributed by atoms with Crippen molar-refractivity contribution in [2.45, 2.75) is 13.8 Å². The Balaban J connectivity index is 2.38. The second-order valence-electron chi connectivity index (χ2n) is 4.72. The highest BCUT2D eigenvalue weighted by molar-refractivity contribution is 6.13. The Kier molecular flexibility index (Phi) is 2.65. The van der Waals surface area contributed by atoms with Crippen LogP contribution < -0.4 is 10.6 Å². The van der Waals surface area contributed by atoms with Crippen molar-refractivity contribution in [1.29, 1.82) is 0 Å². The van der Waals surface area contributed by atoms with Crippen molar-refractivity contribution in [2.75, 3.05) is 11.4 Å². The molecule has 4 nitrogen and oxygen atoms in total. The molecule has 1 aromatic rings. The predicted molar refractivity (Wildman–Crippen MR) is 65.3 cm³/mol. The maximum Gasteiger partial charge on any atom is 0.242 e. The summed E-state index contributed by atoms with van der Waals surface area (Å²) in [5, 5.41) is 0. The van der Waals surface area contributed by atoms with Gasteiger partial charge in [0.05, 0.1) is 0 Å². The highest BCUT2D eigenvalue weighted by atomic mass is 16.2. The quantitative estimate of drug-likeness (QED) is 0.778. The predicted octanol–water partition coefficient (Wildman–Crippen LogP) is 1.16. The lowest BCUT2D eigenvalue weighted by Crippen LogP contribution is -2.44. The van der Waals surface area contributed by atoms with Gasteiger partial charge in [-0.1, -0.05) is 25.1 Å². The van der Waals surface area contributed by atoms with Gasteiger partial charge in [0.2, 0.25) is 11.8 Å². The van der Waals surface area contributed by atoms with Crippen LogP contribution in [0.4, 0.5) is 5.69 Å². The Morgan fingerprint density at radius 2 is 2.00 bits per heavy atom. The normalized spacial score (nSPS) is 28.5. The molecule has 90 valence electrons. The van der Waals surface area contributed by atoms with Gasteiger partial charge in [-0.05, 0) is 25.0 Å². The van der Waals surface area contributed by atoms with E-state index in [1.165, 1.54) is 0 Å². The van der Waals surface area contributed by atoms with E-state index in [0.29, 0.717) is 6.54 Å². The second-order valence-corrected chi connectivity index (χ2v) is 4.72. The van der Waals surface area contributed by atoms with Crippen molar-refractivity contribution >= 4 is 17.5 Å². The molecule has 0 aromatic heterocycles. The third-order valence-electron chi connectivity index (χ3n) is 3.71. The van der Waals surface area contributed by atoms with Crippen LogP contribution in [0, 0.1) is 11.3 Å². The van der Waals surface area contributed by atoms with Gasteiger partial charge in [-0.3, -0.25) is 9.59 Å². The van der Waals surface area contributed by atoms with Crippen LogP contribution in [0.15, 0.2) is 30.3 Å². The summed E-state index contributed by atoms with van der Waals surface area (Å²) in [6.45, 7) is 4.04. The maximum atomic E-state index is 12.3. The van der Waals surface area contributed by atoms with Gasteiger partial charge in [0.25, 0.3) is 0 Å². The smallest absolute Gasteiger partial charge is 0.242 e. The molecule has 4 heteroatoms. The van der Waals surface area contributed by atoms with E-state index in [2.05, 4.69) is 0 Å². The third kappa shape index (κ3) is 1.60. The van der Waals surface area contributed by atoms with Crippen molar-refractivity contribution in [2.24, 2.45) is 17.1 Å². The van der Waals surface area contributed by atoms with Gasteiger partial charge in [-0.25, -0.2) is 0 Å². The third-order valence-corrected chi connectivity index (χ3v) is 3.71. The summed E-state index contributed by atoms with van der Waals surface area (Å²) in [4.78, 5) is 25.4. The minimum Gasteiger partial charge on any atom is -0.369 e. The van der Waals surface area contributed by atoms with Crippen LogP contribution in [0.5, 0.6) is 0 Å². The van der Waals surface area contributed by atoms with Gasteiger partial charge in [-0.2, -0.15) is 0 Å². The van der Waals surface area contributed by atoms with E-state index in [1.54, 1.807) is 11.8 Å². The number of nitrogens with zero attached hydrogens (tertiary/aromatic N) is 1. The molecule has 0 saturated carbocycles. The molecule has 1 aliphatic heterocycles. The van der Waals surface area contributed by atoms with Crippen LogP contribution >= 0.6 is 0 Å². The van der Waals surface area contributed by atoms with E-state index in [0.717, 1.165) is 5.69 Å². The molecule has 1 heterocycles. The molecule has 2 rings (SSSR count). The van der Waals surface area contributed by atoms with Gasteiger partial charge in [-0.15, -0.1) is 0 Å². The van der Waals surface area contributed by atoms with Crippen molar-refractivity contribution in [1.82, 2.24) is 0 Å². The van der Waals surface area contributed by atoms with Crippen molar-refractivity contribution < 1.29 is 9.59 Å². The number of anilines is 1. The average Bonchev–Trinajstić information content (AvgIpc) is 2.56. The first-order valence-corrected chi connectivity index (χ1v) is 5.65. The van der Waals surface area contributed by atoms with Crippen LogP contribution in [0.2, 0.25) is 0 Å². The molecule has 0 spiro atoms. The Labute approximate surface area is 100 Å². The molecule has 1 saturated heterocycles. The van der Waals surface area contributed by atoms with Crippen LogP contribution in [-0.4, -0.2) is 18.4 Å². The highest BCUT2D eigenvalue weighted by Crippen LogP contribution is 2.38. The number of para-hydroxylation sites is 1. The summed E-state index contributed by atoms with van der Waals surface area (Å²) in [5.41, 5.74) is 5.09. The molecule has 2 atom stereocenters. The van der Waals surface area contributed by atoms with E-state index in [4.69, 9.17) is 5.73 Å². The number of amides is 2. The average molecular weight is 232 g/mol. The fraction of sp³-hybridized carbons (Fsp3) is 0.385. The van der Waals surface area contributed by atoms with Gasteiger partial charge in [0.15, 0.2) is 0 Å². The molecular formula is C13H16N2O2. The Bertz CT molecular complexity index is 458. The maximum absolute atomic E-state index is 12.3. The Morgan fingerprint density at radius 3 is 2.47 bits per heavy atom. The van der Waals surface area contributed by atoms with Crippen molar-refractivity contribution in [3.63, 3.8) is 0 Å². The first kappa shape index (κ1) is 11.6.